The Labute approximate surface area is 242 Å². The Morgan fingerprint density at radius 3 is 2.39 bits per heavy atom. The lowest BCUT2D eigenvalue weighted by atomic mass is 10.1. The van der Waals surface area contributed by atoms with Gasteiger partial charge in [-0.15, -0.1) is 20.4 Å². The van der Waals surface area contributed by atoms with Crippen LogP contribution in [0.4, 0.5) is 22.2 Å². The van der Waals surface area contributed by atoms with Gasteiger partial charge in [0.15, 0.2) is 0 Å². The number of azo groups is 1. The average molecular weight is 574 g/mol. The molecule has 11 nitrogen and oxygen atoms in total. The van der Waals surface area contributed by atoms with Crippen molar-refractivity contribution >= 4 is 63.6 Å². The van der Waals surface area contributed by atoms with Gasteiger partial charge in [-0.2, -0.15) is 5.26 Å². The highest BCUT2D eigenvalue weighted by Gasteiger charge is 2.16. The first-order valence-electron chi connectivity index (χ1n) is 12.9. The molecule has 1 aromatic heterocycles. The van der Waals surface area contributed by atoms with E-state index < -0.39 is 5.97 Å². The fourth-order valence-corrected chi connectivity index (χ4v) is 4.29. The first kappa shape index (κ1) is 30.6. The zero-order valence-corrected chi connectivity index (χ0v) is 24.4. The standard InChI is InChI=1S/C29H31N7O4S/c1-6-36(7-2)25-16-23(31-19(4)37)24(17-26(25)39-5)32-34-29-35-33-27(41-29)14-13-20-9-11-21(12-10-20)15-22(18-30)28(38)40-8-3/h9-17H,6-8H2,1-5H3,(H,31,37)/b14-13+,22-15+,34-32?. The minimum Gasteiger partial charge on any atom is -0.494 e. The van der Waals surface area contributed by atoms with Crippen molar-refractivity contribution in [1.29, 1.82) is 5.26 Å². The summed E-state index contributed by atoms with van der Waals surface area (Å²) in [6.45, 7) is 8.95. The Balaban J connectivity index is 1.77. The fraction of sp³-hybridized carbons (Fsp3) is 0.276. The molecule has 41 heavy (non-hydrogen) atoms. The molecule has 0 unspecified atom stereocenters. The van der Waals surface area contributed by atoms with Gasteiger partial charge in [0.25, 0.3) is 5.13 Å². The molecule has 1 heterocycles. The number of methoxy groups -OCH3 is 1. The maximum atomic E-state index is 11.8. The number of anilines is 2. The SMILES string of the molecule is CCOC(=O)/C(C#N)=C/c1ccc(/C=C/c2nnc(N=Nc3cc(OC)c(N(CC)CC)cc3NC(C)=O)s2)cc1. The van der Waals surface area contributed by atoms with E-state index in [9.17, 15) is 14.9 Å². The van der Waals surface area contributed by atoms with Crippen molar-refractivity contribution < 1.29 is 19.1 Å². The number of benzene rings is 2. The predicted molar refractivity (Wildman–Crippen MR) is 161 cm³/mol. The summed E-state index contributed by atoms with van der Waals surface area (Å²) in [5.41, 5.74) is 3.31. The Bertz CT molecular complexity index is 1500. The molecule has 0 bridgehead atoms. The van der Waals surface area contributed by atoms with Crippen molar-refractivity contribution in [2.24, 2.45) is 10.2 Å². The largest absolute Gasteiger partial charge is 0.494 e. The van der Waals surface area contributed by atoms with Crippen molar-refractivity contribution in [3.63, 3.8) is 0 Å². The highest BCUT2D eigenvalue weighted by Crippen LogP contribution is 2.39. The van der Waals surface area contributed by atoms with Gasteiger partial charge in [0, 0.05) is 26.1 Å². The number of esters is 1. The van der Waals surface area contributed by atoms with E-state index in [-0.39, 0.29) is 18.1 Å². The molecule has 0 saturated heterocycles. The number of nitrogens with zero attached hydrogens (tertiary/aromatic N) is 6. The van der Waals surface area contributed by atoms with E-state index in [1.165, 1.54) is 24.3 Å². The molecule has 2 aromatic carbocycles. The summed E-state index contributed by atoms with van der Waals surface area (Å²) >= 11 is 1.25. The van der Waals surface area contributed by atoms with Crippen molar-refractivity contribution in [3.05, 3.63) is 58.1 Å². The molecule has 0 saturated carbocycles. The van der Waals surface area contributed by atoms with E-state index in [0.29, 0.717) is 32.8 Å². The summed E-state index contributed by atoms with van der Waals surface area (Å²) in [5, 5.41) is 29.7. The quantitative estimate of drug-likeness (QED) is 0.113. The number of rotatable bonds is 12. The van der Waals surface area contributed by atoms with Crippen LogP contribution >= 0.6 is 11.3 Å². The number of hydrogen-bond donors (Lipinski definition) is 1. The van der Waals surface area contributed by atoms with Crippen LogP contribution in [-0.4, -0.2) is 48.9 Å². The second kappa shape index (κ2) is 15.0. The number of aromatic nitrogens is 2. The van der Waals surface area contributed by atoms with Gasteiger partial charge in [0.2, 0.25) is 5.91 Å². The molecule has 3 aromatic rings. The summed E-state index contributed by atoms with van der Waals surface area (Å²) in [5.74, 6) is -0.261. The Morgan fingerprint density at radius 2 is 1.78 bits per heavy atom. The molecule has 0 aliphatic rings. The summed E-state index contributed by atoms with van der Waals surface area (Å²) in [7, 11) is 1.59. The van der Waals surface area contributed by atoms with Crippen molar-refractivity contribution in [2.75, 3.05) is 37.0 Å². The van der Waals surface area contributed by atoms with Crippen LogP contribution in [0.5, 0.6) is 5.75 Å². The summed E-state index contributed by atoms with van der Waals surface area (Å²) < 4.78 is 10.5. The third-order valence-corrected chi connectivity index (χ3v) is 6.44. The van der Waals surface area contributed by atoms with Gasteiger partial charge in [-0.1, -0.05) is 41.7 Å². The summed E-state index contributed by atoms with van der Waals surface area (Å²) in [4.78, 5) is 25.8. The average Bonchev–Trinajstić information content (AvgIpc) is 3.43. The number of hydrogen-bond acceptors (Lipinski definition) is 11. The molecule has 0 aliphatic heterocycles. The first-order chi connectivity index (χ1) is 19.8. The van der Waals surface area contributed by atoms with Crippen LogP contribution in [0.15, 0.2) is 52.2 Å². The molecule has 1 N–H and O–H groups in total. The van der Waals surface area contributed by atoms with Gasteiger partial charge >= 0.3 is 5.97 Å². The van der Waals surface area contributed by atoms with Crippen molar-refractivity contribution in [1.82, 2.24) is 10.2 Å². The van der Waals surface area contributed by atoms with Crippen molar-refractivity contribution in [2.45, 2.75) is 27.7 Å². The van der Waals surface area contributed by atoms with Crippen LogP contribution in [-0.2, 0) is 14.3 Å². The normalized spacial score (nSPS) is 11.5. The van der Waals surface area contributed by atoms with E-state index in [4.69, 9.17) is 9.47 Å². The second-order valence-electron chi connectivity index (χ2n) is 8.41. The van der Waals surface area contributed by atoms with Gasteiger partial charge in [-0.3, -0.25) is 4.79 Å². The van der Waals surface area contributed by atoms with Crippen molar-refractivity contribution in [3.8, 4) is 11.8 Å². The number of amides is 1. The second-order valence-corrected chi connectivity index (χ2v) is 9.40. The van der Waals surface area contributed by atoms with E-state index in [0.717, 1.165) is 24.3 Å². The highest BCUT2D eigenvalue weighted by atomic mass is 32.1. The third kappa shape index (κ3) is 8.55. The van der Waals surface area contributed by atoms with E-state index in [1.54, 1.807) is 38.3 Å². The minimum absolute atomic E-state index is 0.0619. The molecule has 0 radical (unpaired) electrons. The maximum absolute atomic E-state index is 11.8. The molecule has 12 heteroatoms. The van der Waals surface area contributed by atoms with Crippen LogP contribution in [0.2, 0.25) is 0 Å². The molecule has 3 rings (SSSR count). The van der Waals surface area contributed by atoms with Crippen LogP contribution in [0.25, 0.3) is 18.2 Å². The number of carbonyl (C=O) groups excluding carboxylic acids is 2. The summed E-state index contributed by atoms with van der Waals surface area (Å²) in [6.07, 6.45) is 5.14. The van der Waals surface area contributed by atoms with Gasteiger partial charge in [-0.25, -0.2) is 4.79 Å². The van der Waals surface area contributed by atoms with Crippen LogP contribution < -0.4 is 15.0 Å². The van der Waals surface area contributed by atoms with E-state index >= 15 is 0 Å². The molecule has 1 amide bonds. The lowest BCUT2D eigenvalue weighted by Crippen LogP contribution is -2.22. The Hall–Kier alpha value is -4.89. The van der Waals surface area contributed by atoms with E-state index in [1.807, 2.05) is 44.2 Å². The smallest absolute Gasteiger partial charge is 0.348 e. The lowest BCUT2D eigenvalue weighted by molar-refractivity contribution is -0.137. The first-order valence-corrected chi connectivity index (χ1v) is 13.7. The molecule has 0 spiro atoms. The third-order valence-electron chi connectivity index (χ3n) is 5.67. The highest BCUT2D eigenvalue weighted by molar-refractivity contribution is 7.15. The molecule has 0 aliphatic carbocycles. The monoisotopic (exact) mass is 573 g/mol. The molecule has 0 fully saturated rings. The van der Waals surface area contributed by atoms with E-state index in [2.05, 4.69) is 30.6 Å². The number of ether oxygens (including phenoxy) is 2. The van der Waals surface area contributed by atoms with Gasteiger partial charge in [-0.05, 0) is 50.1 Å². The molecule has 0 atom stereocenters. The zero-order valence-electron chi connectivity index (χ0n) is 23.5. The maximum Gasteiger partial charge on any atom is 0.348 e. The zero-order chi connectivity index (χ0) is 29.8. The fourth-order valence-electron chi connectivity index (χ4n) is 3.72. The Kier molecular flexibility index (Phi) is 11.2. The van der Waals surface area contributed by atoms with Gasteiger partial charge in [0.1, 0.15) is 28.1 Å². The van der Waals surface area contributed by atoms with Crippen LogP contribution in [0.3, 0.4) is 0 Å². The van der Waals surface area contributed by atoms with Gasteiger partial charge < -0.3 is 19.7 Å². The number of nitrogens with one attached hydrogen (secondary N) is 1. The summed E-state index contributed by atoms with van der Waals surface area (Å²) in [6, 6.07) is 12.7. The lowest BCUT2D eigenvalue weighted by Gasteiger charge is -2.24. The predicted octanol–water partition coefficient (Wildman–Crippen LogP) is 6.41. The topological polar surface area (TPSA) is 142 Å². The van der Waals surface area contributed by atoms with Gasteiger partial charge in [0.05, 0.1) is 25.1 Å². The molecule has 212 valence electrons. The number of nitriles is 1. The molecular formula is C29H31N7O4S. The number of carbonyl (C=O) groups is 2. The van der Waals surface area contributed by atoms with Crippen LogP contribution in [0.1, 0.15) is 43.8 Å². The molecular weight excluding hydrogens is 542 g/mol. The minimum atomic E-state index is -0.648. The van der Waals surface area contributed by atoms with Crippen LogP contribution in [0, 0.1) is 11.3 Å². The Morgan fingerprint density at radius 1 is 1.07 bits per heavy atom.